The van der Waals surface area contributed by atoms with Gasteiger partial charge in [-0.05, 0) is 32.2 Å². The summed E-state index contributed by atoms with van der Waals surface area (Å²) in [6.45, 7) is 2.06. The molecule has 0 bridgehead atoms. The zero-order valence-corrected chi connectivity index (χ0v) is 14.6. The molecule has 0 amide bonds. The van der Waals surface area contributed by atoms with E-state index in [1.54, 1.807) is 6.07 Å². The molecule has 138 valence electrons. The summed E-state index contributed by atoms with van der Waals surface area (Å²) in [6, 6.07) is 1.74. The summed E-state index contributed by atoms with van der Waals surface area (Å²) in [4.78, 5) is 8.46. The number of pyridine rings is 1. The first-order valence-electron chi connectivity index (χ1n) is 8.52. The Bertz CT molecular complexity index is 892. The second-order valence-electron chi connectivity index (χ2n) is 6.99. The summed E-state index contributed by atoms with van der Waals surface area (Å²) in [6.07, 6.45) is 0.546. The molecule has 2 aromatic heterocycles. The summed E-state index contributed by atoms with van der Waals surface area (Å²) >= 11 is 6.05. The van der Waals surface area contributed by atoms with E-state index in [4.69, 9.17) is 11.6 Å². The van der Waals surface area contributed by atoms with Crippen LogP contribution in [0.5, 0.6) is 0 Å². The van der Waals surface area contributed by atoms with E-state index in [1.807, 2.05) is 4.90 Å². The molecule has 5 nitrogen and oxygen atoms in total. The third-order valence-electron chi connectivity index (χ3n) is 5.35. The van der Waals surface area contributed by atoms with Crippen LogP contribution >= 0.6 is 11.6 Å². The third-order valence-corrected chi connectivity index (χ3v) is 5.63. The van der Waals surface area contributed by atoms with Crippen LogP contribution in [0.15, 0.2) is 6.20 Å². The minimum atomic E-state index is -4.73. The summed E-state index contributed by atoms with van der Waals surface area (Å²) in [5.41, 5.74) is -1.04. The highest BCUT2D eigenvalue weighted by atomic mass is 35.5. The maximum atomic E-state index is 13.5. The van der Waals surface area contributed by atoms with Crippen molar-refractivity contribution in [2.75, 3.05) is 24.5 Å². The van der Waals surface area contributed by atoms with Gasteiger partial charge in [0.25, 0.3) is 0 Å². The lowest BCUT2D eigenvalue weighted by atomic mass is 9.87. The zero-order valence-electron chi connectivity index (χ0n) is 13.9. The summed E-state index contributed by atoms with van der Waals surface area (Å²) < 4.78 is 40.6. The minimum absolute atomic E-state index is 0.0481. The van der Waals surface area contributed by atoms with Crippen molar-refractivity contribution in [2.45, 2.75) is 37.4 Å². The second kappa shape index (κ2) is 6.03. The number of piperidine rings is 1. The number of nitrogens with one attached hydrogen (secondary N) is 2. The number of rotatable bonds is 1. The topological polar surface area (TPSA) is 67.7 Å². The molecule has 4 heterocycles. The number of H-pyrrole nitrogens is 1. The van der Waals surface area contributed by atoms with Gasteiger partial charge in [-0.25, -0.2) is 4.98 Å². The van der Waals surface area contributed by atoms with Gasteiger partial charge in [-0.3, -0.25) is 0 Å². The molecule has 2 aliphatic heterocycles. The Morgan fingerprint density at radius 2 is 2.08 bits per heavy atom. The lowest BCUT2D eigenvalue weighted by Crippen LogP contribution is -2.54. The van der Waals surface area contributed by atoms with Gasteiger partial charge in [0.1, 0.15) is 17.1 Å². The Hall–Kier alpha value is -1.98. The Balaban J connectivity index is 1.92. The predicted molar refractivity (Wildman–Crippen MR) is 92.2 cm³/mol. The van der Waals surface area contributed by atoms with E-state index in [-0.39, 0.29) is 21.8 Å². The molecule has 0 radical (unpaired) electrons. The zero-order chi connectivity index (χ0) is 18.5. The average Bonchev–Trinajstić information content (AvgIpc) is 3.19. The van der Waals surface area contributed by atoms with E-state index < -0.39 is 17.4 Å². The summed E-state index contributed by atoms with van der Waals surface area (Å²) in [5.74, 6) is 0. The van der Waals surface area contributed by atoms with Crippen molar-refractivity contribution in [3.63, 3.8) is 0 Å². The average molecular weight is 384 g/mol. The van der Waals surface area contributed by atoms with Crippen LogP contribution in [0.2, 0.25) is 5.02 Å². The number of aromatic amines is 1. The molecule has 4 rings (SSSR count). The number of alkyl halides is 3. The van der Waals surface area contributed by atoms with Crippen LogP contribution in [0, 0.1) is 11.3 Å². The second-order valence-corrected chi connectivity index (χ2v) is 7.40. The molecule has 2 N–H and O–H groups in total. The van der Waals surface area contributed by atoms with Crippen molar-refractivity contribution >= 4 is 28.3 Å². The normalized spacial score (nSPS) is 23.7. The fourth-order valence-electron chi connectivity index (χ4n) is 4.25. The number of nitrogens with zero attached hydrogens (tertiary/aromatic N) is 3. The minimum Gasteiger partial charge on any atom is -0.367 e. The highest BCUT2D eigenvalue weighted by Crippen LogP contribution is 2.42. The summed E-state index contributed by atoms with van der Waals surface area (Å²) in [7, 11) is 0. The molecule has 2 aromatic rings. The van der Waals surface area contributed by atoms with E-state index in [1.165, 1.54) is 6.20 Å². The van der Waals surface area contributed by atoms with Gasteiger partial charge in [0.2, 0.25) is 0 Å². The van der Waals surface area contributed by atoms with Crippen molar-refractivity contribution in [1.29, 1.82) is 5.26 Å². The SMILES string of the molecule is N#Cc1c(C(F)(F)F)nc2c(Cl)c[nH]c2c1N1CCCC2(CCCN2)C1. The Morgan fingerprint density at radius 1 is 1.31 bits per heavy atom. The molecule has 0 aromatic carbocycles. The van der Waals surface area contributed by atoms with E-state index in [2.05, 4.69) is 15.3 Å². The highest BCUT2D eigenvalue weighted by Gasteiger charge is 2.42. The van der Waals surface area contributed by atoms with Crippen molar-refractivity contribution in [3.8, 4) is 6.07 Å². The van der Waals surface area contributed by atoms with Crippen molar-refractivity contribution in [1.82, 2.24) is 15.3 Å². The van der Waals surface area contributed by atoms with Gasteiger partial charge in [0, 0.05) is 24.8 Å². The van der Waals surface area contributed by atoms with E-state index >= 15 is 0 Å². The van der Waals surface area contributed by atoms with Gasteiger partial charge in [0.05, 0.1) is 16.2 Å². The molecule has 2 aliphatic rings. The lowest BCUT2D eigenvalue weighted by Gasteiger charge is -2.42. The molecule has 1 atom stereocenters. The van der Waals surface area contributed by atoms with Gasteiger partial charge in [-0.1, -0.05) is 11.6 Å². The first-order chi connectivity index (χ1) is 12.3. The number of anilines is 1. The quantitative estimate of drug-likeness (QED) is 0.785. The van der Waals surface area contributed by atoms with Gasteiger partial charge in [0.15, 0.2) is 5.69 Å². The number of nitriles is 1. The van der Waals surface area contributed by atoms with Crippen molar-refractivity contribution in [2.24, 2.45) is 0 Å². The first-order valence-corrected chi connectivity index (χ1v) is 8.90. The lowest BCUT2D eigenvalue weighted by molar-refractivity contribution is -0.141. The molecule has 0 aliphatic carbocycles. The van der Waals surface area contributed by atoms with Crippen LogP contribution in [0.25, 0.3) is 11.0 Å². The number of halogens is 4. The van der Waals surface area contributed by atoms with Crippen molar-refractivity contribution in [3.05, 3.63) is 22.5 Å². The maximum Gasteiger partial charge on any atom is 0.434 e. The van der Waals surface area contributed by atoms with Gasteiger partial charge in [-0.2, -0.15) is 18.4 Å². The monoisotopic (exact) mass is 383 g/mol. The Kier molecular flexibility index (Phi) is 4.04. The number of aromatic nitrogens is 2. The number of hydrogen-bond acceptors (Lipinski definition) is 4. The third kappa shape index (κ3) is 2.70. The predicted octanol–water partition coefficient (Wildman–Crippen LogP) is 3.83. The summed E-state index contributed by atoms with van der Waals surface area (Å²) in [5, 5.41) is 13.2. The molecular weight excluding hydrogens is 367 g/mol. The van der Waals surface area contributed by atoms with Crippen LogP contribution < -0.4 is 10.2 Å². The number of hydrogen-bond donors (Lipinski definition) is 2. The van der Waals surface area contributed by atoms with Gasteiger partial charge >= 0.3 is 6.18 Å². The van der Waals surface area contributed by atoms with Crippen molar-refractivity contribution < 1.29 is 13.2 Å². The molecule has 2 saturated heterocycles. The standard InChI is InChI=1S/C17H17ClF3N5/c18-11-8-23-13-12(11)25-15(17(19,20)21)10(7-22)14(13)26-6-2-4-16(9-26)3-1-5-24-16/h8,23-24H,1-6,9H2. The van der Waals surface area contributed by atoms with E-state index in [9.17, 15) is 18.4 Å². The van der Waals surface area contributed by atoms with Crippen LogP contribution in [0.4, 0.5) is 18.9 Å². The number of fused-ring (bicyclic) bond motifs is 1. The van der Waals surface area contributed by atoms with Crippen LogP contribution in [0.3, 0.4) is 0 Å². The molecule has 0 saturated carbocycles. The first kappa shape index (κ1) is 17.4. The molecule has 2 fully saturated rings. The van der Waals surface area contributed by atoms with Gasteiger partial charge in [-0.15, -0.1) is 0 Å². The molecule has 9 heteroatoms. The van der Waals surface area contributed by atoms with E-state index in [0.29, 0.717) is 18.6 Å². The van der Waals surface area contributed by atoms with E-state index in [0.717, 1.165) is 32.2 Å². The van der Waals surface area contributed by atoms with Crippen LogP contribution in [0.1, 0.15) is 36.9 Å². The Morgan fingerprint density at radius 3 is 2.73 bits per heavy atom. The molecule has 1 unspecified atom stereocenters. The Labute approximate surface area is 153 Å². The maximum absolute atomic E-state index is 13.5. The largest absolute Gasteiger partial charge is 0.434 e. The molecule has 26 heavy (non-hydrogen) atoms. The molecular formula is C17H17ClF3N5. The molecule has 1 spiro atoms. The fraction of sp³-hybridized carbons (Fsp3) is 0.529. The van der Waals surface area contributed by atoms with Crippen LogP contribution in [-0.2, 0) is 6.18 Å². The highest BCUT2D eigenvalue weighted by molar-refractivity contribution is 6.35. The van der Waals surface area contributed by atoms with Gasteiger partial charge < -0.3 is 15.2 Å². The van der Waals surface area contributed by atoms with Crippen LogP contribution in [-0.4, -0.2) is 35.1 Å². The smallest absolute Gasteiger partial charge is 0.367 e. The fourth-order valence-corrected chi connectivity index (χ4v) is 4.44.